The SMILES string of the molecule is CC=C(C)C[C@@H](/C=C\C)C(C)CC/C=C\CC. The molecule has 0 aliphatic carbocycles. The highest BCUT2D eigenvalue weighted by molar-refractivity contribution is 5.02. The van der Waals surface area contributed by atoms with Crippen LogP contribution in [0.4, 0.5) is 0 Å². The van der Waals surface area contributed by atoms with Gasteiger partial charge in [-0.25, -0.2) is 0 Å². The van der Waals surface area contributed by atoms with E-state index >= 15 is 0 Å². The summed E-state index contributed by atoms with van der Waals surface area (Å²) in [5, 5.41) is 0. The first-order valence-corrected chi connectivity index (χ1v) is 7.05. The van der Waals surface area contributed by atoms with Gasteiger partial charge in [0.15, 0.2) is 0 Å². The van der Waals surface area contributed by atoms with Crippen LogP contribution in [0, 0.1) is 11.8 Å². The zero-order valence-electron chi connectivity index (χ0n) is 12.4. The number of hydrogen-bond acceptors (Lipinski definition) is 0. The lowest BCUT2D eigenvalue weighted by Gasteiger charge is -2.21. The molecule has 0 N–H and O–H groups in total. The largest absolute Gasteiger partial charge is 0.0914 e. The second-order valence-corrected chi connectivity index (χ2v) is 4.96. The van der Waals surface area contributed by atoms with Gasteiger partial charge in [0.05, 0.1) is 0 Å². The van der Waals surface area contributed by atoms with E-state index in [0.717, 1.165) is 12.3 Å². The van der Waals surface area contributed by atoms with Gasteiger partial charge < -0.3 is 0 Å². The first-order chi connectivity index (χ1) is 8.15. The Hall–Kier alpha value is -0.780. The minimum atomic E-state index is 0.700. The molecule has 0 saturated carbocycles. The number of rotatable bonds is 8. The molecule has 2 atom stereocenters. The van der Waals surface area contributed by atoms with E-state index in [4.69, 9.17) is 0 Å². The molecular weight excluding hydrogens is 204 g/mol. The molecule has 0 spiro atoms. The summed E-state index contributed by atoms with van der Waals surface area (Å²) in [6, 6.07) is 0. The lowest BCUT2D eigenvalue weighted by molar-refractivity contribution is 0.400. The quantitative estimate of drug-likeness (QED) is 0.457. The standard InChI is InChI=1S/C17H30/c1-6-9-10-11-13-16(5)17(12-7-2)14-15(4)8-3/h7-10,12,16-17H,6,11,13-14H2,1-5H3/b10-9-,12-7-,15-8?/t16?,17-/m1/s1. The Morgan fingerprint density at radius 2 is 1.88 bits per heavy atom. The Balaban J connectivity index is 4.24. The van der Waals surface area contributed by atoms with E-state index in [1.807, 2.05) is 0 Å². The molecule has 0 heterocycles. The summed E-state index contributed by atoms with van der Waals surface area (Å²) in [4.78, 5) is 0. The molecule has 0 saturated heterocycles. The fourth-order valence-corrected chi connectivity index (χ4v) is 2.05. The molecule has 17 heavy (non-hydrogen) atoms. The zero-order chi connectivity index (χ0) is 13.1. The number of hydrogen-bond donors (Lipinski definition) is 0. The maximum Gasteiger partial charge on any atom is -0.0171 e. The predicted molar refractivity (Wildman–Crippen MR) is 80.2 cm³/mol. The Kier molecular flexibility index (Phi) is 9.90. The van der Waals surface area contributed by atoms with E-state index in [2.05, 4.69) is 65.0 Å². The predicted octanol–water partition coefficient (Wildman–Crippen LogP) is 5.92. The second-order valence-electron chi connectivity index (χ2n) is 4.96. The van der Waals surface area contributed by atoms with Crippen molar-refractivity contribution in [2.24, 2.45) is 11.8 Å². The van der Waals surface area contributed by atoms with Crippen LogP contribution in [0.5, 0.6) is 0 Å². The van der Waals surface area contributed by atoms with E-state index in [1.165, 1.54) is 24.8 Å². The third kappa shape index (κ3) is 8.01. The molecule has 0 aliphatic rings. The van der Waals surface area contributed by atoms with Crippen LogP contribution in [0.3, 0.4) is 0 Å². The topological polar surface area (TPSA) is 0 Å². The van der Waals surface area contributed by atoms with Crippen LogP contribution in [0.15, 0.2) is 36.0 Å². The van der Waals surface area contributed by atoms with Gasteiger partial charge in [-0.3, -0.25) is 0 Å². The van der Waals surface area contributed by atoms with Crippen molar-refractivity contribution < 1.29 is 0 Å². The summed E-state index contributed by atoms with van der Waals surface area (Å²) in [6.45, 7) is 11.1. The smallest absolute Gasteiger partial charge is 0.0171 e. The summed E-state index contributed by atoms with van der Waals surface area (Å²) in [5.74, 6) is 1.47. The van der Waals surface area contributed by atoms with E-state index < -0.39 is 0 Å². The molecule has 0 aliphatic heterocycles. The van der Waals surface area contributed by atoms with Crippen LogP contribution in [-0.2, 0) is 0 Å². The Bertz CT molecular complexity index is 255. The van der Waals surface area contributed by atoms with E-state index in [1.54, 1.807) is 0 Å². The minimum Gasteiger partial charge on any atom is -0.0914 e. The molecule has 0 aromatic rings. The summed E-state index contributed by atoms with van der Waals surface area (Å²) in [6.07, 6.45) is 16.3. The van der Waals surface area contributed by atoms with Gasteiger partial charge in [0.1, 0.15) is 0 Å². The molecule has 0 aromatic carbocycles. The molecule has 98 valence electrons. The molecule has 0 heteroatoms. The van der Waals surface area contributed by atoms with E-state index in [0.29, 0.717) is 5.92 Å². The van der Waals surface area contributed by atoms with Crippen molar-refractivity contribution in [1.82, 2.24) is 0 Å². The third-order valence-electron chi connectivity index (χ3n) is 3.41. The van der Waals surface area contributed by atoms with Gasteiger partial charge in [0.2, 0.25) is 0 Å². The van der Waals surface area contributed by atoms with Crippen molar-refractivity contribution in [2.45, 2.75) is 60.3 Å². The average molecular weight is 234 g/mol. The Labute approximate surface area is 109 Å². The van der Waals surface area contributed by atoms with Gasteiger partial charge in [0.25, 0.3) is 0 Å². The molecular formula is C17H30. The van der Waals surface area contributed by atoms with Crippen LogP contribution in [0.25, 0.3) is 0 Å². The van der Waals surface area contributed by atoms with Gasteiger partial charge in [0, 0.05) is 0 Å². The fourth-order valence-electron chi connectivity index (χ4n) is 2.05. The van der Waals surface area contributed by atoms with Crippen molar-refractivity contribution in [3.8, 4) is 0 Å². The van der Waals surface area contributed by atoms with Crippen molar-refractivity contribution >= 4 is 0 Å². The van der Waals surface area contributed by atoms with Gasteiger partial charge in [-0.15, -0.1) is 0 Å². The molecule has 0 radical (unpaired) electrons. The highest BCUT2D eigenvalue weighted by Gasteiger charge is 2.13. The van der Waals surface area contributed by atoms with Crippen molar-refractivity contribution in [1.29, 1.82) is 0 Å². The molecule has 0 bridgehead atoms. The van der Waals surface area contributed by atoms with Crippen molar-refractivity contribution in [2.75, 3.05) is 0 Å². The minimum absolute atomic E-state index is 0.700. The van der Waals surface area contributed by atoms with Crippen molar-refractivity contribution in [3.63, 3.8) is 0 Å². The van der Waals surface area contributed by atoms with Crippen LogP contribution >= 0.6 is 0 Å². The Morgan fingerprint density at radius 3 is 2.41 bits per heavy atom. The van der Waals surface area contributed by atoms with Gasteiger partial charge in [-0.2, -0.15) is 0 Å². The van der Waals surface area contributed by atoms with E-state index in [9.17, 15) is 0 Å². The average Bonchev–Trinajstić information content (AvgIpc) is 2.33. The first kappa shape index (κ1) is 16.2. The van der Waals surface area contributed by atoms with Crippen LogP contribution in [-0.4, -0.2) is 0 Å². The zero-order valence-corrected chi connectivity index (χ0v) is 12.4. The Morgan fingerprint density at radius 1 is 1.18 bits per heavy atom. The van der Waals surface area contributed by atoms with Crippen molar-refractivity contribution in [3.05, 3.63) is 36.0 Å². The summed E-state index contributed by atoms with van der Waals surface area (Å²) < 4.78 is 0. The van der Waals surface area contributed by atoms with Gasteiger partial charge in [-0.05, 0) is 58.3 Å². The molecule has 0 amide bonds. The molecule has 0 rings (SSSR count). The highest BCUT2D eigenvalue weighted by Crippen LogP contribution is 2.25. The first-order valence-electron chi connectivity index (χ1n) is 7.05. The second kappa shape index (κ2) is 10.4. The monoisotopic (exact) mass is 234 g/mol. The maximum atomic E-state index is 2.38. The van der Waals surface area contributed by atoms with Gasteiger partial charge >= 0.3 is 0 Å². The van der Waals surface area contributed by atoms with E-state index in [-0.39, 0.29) is 0 Å². The van der Waals surface area contributed by atoms with Crippen LogP contribution in [0.1, 0.15) is 60.3 Å². The molecule has 1 unspecified atom stereocenters. The summed E-state index contributed by atoms with van der Waals surface area (Å²) in [7, 11) is 0. The third-order valence-corrected chi connectivity index (χ3v) is 3.41. The molecule has 0 nitrogen and oxygen atoms in total. The molecule has 0 fully saturated rings. The number of allylic oxidation sites excluding steroid dienone is 6. The summed E-state index contributed by atoms with van der Waals surface area (Å²) >= 11 is 0. The molecule has 0 aromatic heterocycles. The lowest BCUT2D eigenvalue weighted by atomic mass is 9.85. The van der Waals surface area contributed by atoms with Crippen LogP contribution in [0.2, 0.25) is 0 Å². The maximum absolute atomic E-state index is 2.38. The van der Waals surface area contributed by atoms with Gasteiger partial charge in [-0.1, -0.05) is 49.8 Å². The fraction of sp³-hybridized carbons (Fsp3) is 0.647. The lowest BCUT2D eigenvalue weighted by Crippen LogP contribution is -2.09. The normalized spacial score (nSPS) is 16.9. The summed E-state index contributed by atoms with van der Waals surface area (Å²) in [5.41, 5.74) is 1.50. The van der Waals surface area contributed by atoms with Crippen LogP contribution < -0.4 is 0 Å². The highest BCUT2D eigenvalue weighted by atomic mass is 14.2.